The molecule has 1 N–H and O–H groups in total. The number of aliphatic hydroxyl groups excluding tert-OH is 1. The van der Waals surface area contributed by atoms with E-state index in [1.165, 1.54) is 12.1 Å². The van der Waals surface area contributed by atoms with E-state index in [0.29, 0.717) is 5.92 Å². The summed E-state index contributed by atoms with van der Waals surface area (Å²) in [5.74, 6) is 0.433. The summed E-state index contributed by atoms with van der Waals surface area (Å²) in [6, 6.07) is 6.57. The molecule has 1 atom stereocenters. The molecule has 0 aliphatic carbocycles. The Kier molecular flexibility index (Phi) is 4.08. The maximum atomic E-state index is 12.9. The lowest BCUT2D eigenvalue weighted by Crippen LogP contribution is -2.16. The Morgan fingerprint density at radius 2 is 2.07 bits per heavy atom. The van der Waals surface area contributed by atoms with Crippen molar-refractivity contribution in [1.29, 1.82) is 0 Å². The van der Waals surface area contributed by atoms with Gasteiger partial charge in [-0.25, -0.2) is 4.39 Å². The summed E-state index contributed by atoms with van der Waals surface area (Å²) in [6.07, 6.45) is 0.742. The summed E-state index contributed by atoms with van der Waals surface area (Å²) in [7, 11) is 0. The van der Waals surface area contributed by atoms with E-state index in [1.54, 1.807) is 6.07 Å². The highest BCUT2D eigenvalue weighted by Crippen LogP contribution is 2.17. The van der Waals surface area contributed by atoms with Crippen molar-refractivity contribution in [2.24, 2.45) is 11.8 Å². The van der Waals surface area contributed by atoms with E-state index in [0.717, 1.165) is 12.0 Å². The Balaban J connectivity index is 2.67. The summed E-state index contributed by atoms with van der Waals surface area (Å²) < 4.78 is 12.9. The second-order valence-corrected chi connectivity index (χ2v) is 4.02. The molecule has 1 nitrogen and oxygen atoms in total. The predicted molar refractivity (Wildman–Crippen MR) is 55.5 cm³/mol. The molecule has 1 rings (SSSR count). The van der Waals surface area contributed by atoms with Crippen molar-refractivity contribution in [1.82, 2.24) is 0 Å². The highest BCUT2D eigenvalue weighted by atomic mass is 19.1. The van der Waals surface area contributed by atoms with Crippen LogP contribution in [0.4, 0.5) is 4.39 Å². The first-order valence-corrected chi connectivity index (χ1v) is 4.98. The van der Waals surface area contributed by atoms with Crippen LogP contribution in [0.3, 0.4) is 0 Å². The van der Waals surface area contributed by atoms with Gasteiger partial charge < -0.3 is 5.11 Å². The van der Waals surface area contributed by atoms with Gasteiger partial charge in [0.15, 0.2) is 0 Å². The molecular weight excluding hydrogens is 179 g/mol. The highest BCUT2D eigenvalue weighted by molar-refractivity contribution is 5.16. The lowest BCUT2D eigenvalue weighted by molar-refractivity contribution is 0.189. The number of halogens is 1. The summed E-state index contributed by atoms with van der Waals surface area (Å²) >= 11 is 0. The van der Waals surface area contributed by atoms with Crippen molar-refractivity contribution in [3.8, 4) is 0 Å². The fourth-order valence-electron chi connectivity index (χ4n) is 1.48. The third-order valence-corrected chi connectivity index (χ3v) is 2.56. The normalized spacial score (nSPS) is 13.2. The van der Waals surface area contributed by atoms with Gasteiger partial charge in [-0.15, -0.1) is 0 Å². The van der Waals surface area contributed by atoms with Crippen LogP contribution in [0, 0.1) is 17.7 Å². The van der Waals surface area contributed by atoms with Crippen LogP contribution < -0.4 is 0 Å². The first-order chi connectivity index (χ1) is 6.63. The number of aliphatic hydroxyl groups is 1. The molecule has 2 heteroatoms. The van der Waals surface area contributed by atoms with Crippen molar-refractivity contribution >= 4 is 0 Å². The maximum Gasteiger partial charge on any atom is 0.123 e. The lowest BCUT2D eigenvalue weighted by atomic mass is 9.90. The minimum Gasteiger partial charge on any atom is -0.396 e. The number of rotatable bonds is 4. The van der Waals surface area contributed by atoms with Crippen LogP contribution in [0.1, 0.15) is 19.4 Å². The molecule has 1 aromatic rings. The first-order valence-electron chi connectivity index (χ1n) is 4.98. The van der Waals surface area contributed by atoms with Gasteiger partial charge in [0, 0.05) is 6.61 Å². The predicted octanol–water partition coefficient (Wildman–Crippen LogP) is 2.63. The zero-order chi connectivity index (χ0) is 10.6. The standard InChI is InChI=1S/C12H17FO/c1-9(2)11(8-14)6-10-4-3-5-12(13)7-10/h3-5,7,9,11,14H,6,8H2,1-2H3. The third-order valence-electron chi connectivity index (χ3n) is 2.56. The van der Waals surface area contributed by atoms with Crippen molar-refractivity contribution in [3.63, 3.8) is 0 Å². The van der Waals surface area contributed by atoms with E-state index in [4.69, 9.17) is 5.11 Å². The molecule has 0 amide bonds. The quantitative estimate of drug-likeness (QED) is 0.784. The smallest absolute Gasteiger partial charge is 0.123 e. The highest BCUT2D eigenvalue weighted by Gasteiger charge is 2.12. The van der Waals surface area contributed by atoms with Crippen molar-refractivity contribution < 1.29 is 9.50 Å². The van der Waals surface area contributed by atoms with Gasteiger partial charge in [0.1, 0.15) is 5.82 Å². The summed E-state index contributed by atoms with van der Waals surface area (Å²) in [6.45, 7) is 4.30. The largest absolute Gasteiger partial charge is 0.396 e. The summed E-state index contributed by atoms with van der Waals surface area (Å²) in [5.41, 5.74) is 0.956. The Labute approximate surface area is 84.6 Å². The molecule has 0 aromatic heterocycles. The molecule has 0 saturated carbocycles. The first kappa shape index (κ1) is 11.2. The molecule has 0 spiro atoms. The number of hydrogen-bond acceptors (Lipinski definition) is 1. The molecular formula is C12H17FO. The van der Waals surface area contributed by atoms with Crippen molar-refractivity contribution in [3.05, 3.63) is 35.6 Å². The van der Waals surface area contributed by atoms with E-state index >= 15 is 0 Å². The molecule has 0 aliphatic heterocycles. The van der Waals surface area contributed by atoms with Gasteiger partial charge in [0.25, 0.3) is 0 Å². The molecule has 0 saturated heterocycles. The summed E-state index contributed by atoms with van der Waals surface area (Å²) in [5, 5.41) is 9.13. The molecule has 14 heavy (non-hydrogen) atoms. The topological polar surface area (TPSA) is 20.2 Å². The minimum atomic E-state index is -0.206. The van der Waals surface area contributed by atoms with Gasteiger partial charge in [-0.1, -0.05) is 26.0 Å². The number of benzene rings is 1. The molecule has 0 fully saturated rings. The minimum absolute atomic E-state index is 0.161. The van der Waals surface area contributed by atoms with E-state index in [9.17, 15) is 4.39 Å². The van der Waals surface area contributed by atoms with Gasteiger partial charge in [0.2, 0.25) is 0 Å². The average Bonchev–Trinajstić information content (AvgIpc) is 2.14. The Bertz CT molecular complexity index is 283. The van der Waals surface area contributed by atoms with Gasteiger partial charge >= 0.3 is 0 Å². The second kappa shape index (κ2) is 5.11. The molecule has 0 radical (unpaired) electrons. The summed E-state index contributed by atoms with van der Waals surface area (Å²) in [4.78, 5) is 0. The molecule has 0 heterocycles. The van der Waals surface area contributed by atoms with Crippen LogP contribution in [0.5, 0.6) is 0 Å². The van der Waals surface area contributed by atoms with Crippen LogP contribution in [0.15, 0.2) is 24.3 Å². The molecule has 0 bridgehead atoms. The lowest BCUT2D eigenvalue weighted by Gasteiger charge is -2.17. The zero-order valence-electron chi connectivity index (χ0n) is 8.70. The Morgan fingerprint density at radius 3 is 2.57 bits per heavy atom. The van der Waals surface area contributed by atoms with Crippen LogP contribution in [0.2, 0.25) is 0 Å². The molecule has 0 aliphatic rings. The molecule has 1 unspecified atom stereocenters. The third kappa shape index (κ3) is 3.11. The van der Waals surface area contributed by atoms with E-state index in [2.05, 4.69) is 13.8 Å². The van der Waals surface area contributed by atoms with Gasteiger partial charge in [0.05, 0.1) is 0 Å². The van der Waals surface area contributed by atoms with Gasteiger partial charge in [-0.3, -0.25) is 0 Å². The van der Waals surface area contributed by atoms with E-state index in [1.807, 2.05) is 6.07 Å². The molecule has 1 aromatic carbocycles. The van der Waals surface area contributed by atoms with Crippen LogP contribution in [0.25, 0.3) is 0 Å². The van der Waals surface area contributed by atoms with Gasteiger partial charge in [-0.2, -0.15) is 0 Å². The SMILES string of the molecule is CC(C)C(CO)Cc1cccc(F)c1. The van der Waals surface area contributed by atoms with Crippen LogP contribution >= 0.6 is 0 Å². The van der Waals surface area contributed by atoms with Gasteiger partial charge in [-0.05, 0) is 36.0 Å². The van der Waals surface area contributed by atoms with Crippen LogP contribution in [-0.4, -0.2) is 11.7 Å². The van der Waals surface area contributed by atoms with E-state index in [-0.39, 0.29) is 18.3 Å². The molecule has 78 valence electrons. The number of hydrogen-bond donors (Lipinski definition) is 1. The second-order valence-electron chi connectivity index (χ2n) is 4.02. The Morgan fingerprint density at radius 1 is 1.36 bits per heavy atom. The Hall–Kier alpha value is -0.890. The van der Waals surface area contributed by atoms with Crippen molar-refractivity contribution in [2.45, 2.75) is 20.3 Å². The fourth-order valence-corrected chi connectivity index (χ4v) is 1.48. The zero-order valence-corrected chi connectivity index (χ0v) is 8.70. The fraction of sp³-hybridized carbons (Fsp3) is 0.500. The monoisotopic (exact) mass is 196 g/mol. The van der Waals surface area contributed by atoms with Crippen molar-refractivity contribution in [2.75, 3.05) is 6.61 Å². The average molecular weight is 196 g/mol. The van der Waals surface area contributed by atoms with E-state index < -0.39 is 0 Å². The maximum absolute atomic E-state index is 12.9. The van der Waals surface area contributed by atoms with Crippen LogP contribution in [-0.2, 0) is 6.42 Å².